The standard InChI is InChI=1S/C10H9ClFN3O2S/c1-18(16,17)9-5-14-15(10(9)13)6-2-3-7(11)8(12)4-6/h2-5H,13H2,1H3. The van der Waals surface area contributed by atoms with E-state index in [1.807, 2.05) is 0 Å². The maximum absolute atomic E-state index is 13.3. The minimum atomic E-state index is -3.47. The maximum Gasteiger partial charge on any atom is 0.180 e. The van der Waals surface area contributed by atoms with Crippen LogP contribution in [0.15, 0.2) is 29.3 Å². The quantitative estimate of drug-likeness (QED) is 0.912. The Kier molecular flexibility index (Phi) is 3.04. The van der Waals surface area contributed by atoms with Crippen LogP contribution in [0.4, 0.5) is 10.2 Å². The average molecular weight is 290 g/mol. The van der Waals surface area contributed by atoms with E-state index in [9.17, 15) is 12.8 Å². The van der Waals surface area contributed by atoms with Crippen molar-refractivity contribution >= 4 is 27.3 Å². The number of benzene rings is 1. The molecule has 0 aliphatic heterocycles. The highest BCUT2D eigenvalue weighted by molar-refractivity contribution is 7.90. The van der Waals surface area contributed by atoms with Gasteiger partial charge in [0.25, 0.3) is 0 Å². The molecule has 18 heavy (non-hydrogen) atoms. The van der Waals surface area contributed by atoms with Gasteiger partial charge in [0.1, 0.15) is 16.5 Å². The van der Waals surface area contributed by atoms with Crippen molar-refractivity contribution in [1.82, 2.24) is 9.78 Å². The molecule has 0 aliphatic carbocycles. The molecule has 1 aromatic heterocycles. The summed E-state index contributed by atoms with van der Waals surface area (Å²) in [4.78, 5) is -0.0992. The summed E-state index contributed by atoms with van der Waals surface area (Å²) in [6.07, 6.45) is 2.14. The van der Waals surface area contributed by atoms with Crippen LogP contribution < -0.4 is 5.73 Å². The molecule has 0 saturated heterocycles. The zero-order valence-corrected chi connectivity index (χ0v) is 10.8. The second-order valence-electron chi connectivity index (χ2n) is 3.68. The highest BCUT2D eigenvalue weighted by Gasteiger charge is 2.18. The Bertz CT molecular complexity index is 712. The number of hydrogen-bond donors (Lipinski definition) is 1. The van der Waals surface area contributed by atoms with E-state index in [-0.39, 0.29) is 15.7 Å². The van der Waals surface area contributed by atoms with Gasteiger partial charge in [0, 0.05) is 12.3 Å². The molecule has 0 fully saturated rings. The number of nitrogens with two attached hydrogens (primary N) is 1. The van der Waals surface area contributed by atoms with Crippen LogP contribution in [0.3, 0.4) is 0 Å². The molecule has 0 radical (unpaired) electrons. The summed E-state index contributed by atoms with van der Waals surface area (Å²) in [5.74, 6) is -0.704. The Morgan fingerprint density at radius 2 is 2.11 bits per heavy atom. The van der Waals surface area contributed by atoms with Crippen molar-refractivity contribution < 1.29 is 12.8 Å². The molecule has 2 rings (SSSR count). The molecule has 5 nitrogen and oxygen atoms in total. The van der Waals surface area contributed by atoms with Gasteiger partial charge in [-0.15, -0.1) is 0 Å². The van der Waals surface area contributed by atoms with Crippen LogP contribution in [0, 0.1) is 5.82 Å². The third-order valence-electron chi connectivity index (χ3n) is 2.32. The van der Waals surface area contributed by atoms with Gasteiger partial charge in [-0.2, -0.15) is 5.10 Å². The number of anilines is 1. The summed E-state index contributed by atoms with van der Waals surface area (Å²) in [6.45, 7) is 0. The molecule has 1 aromatic carbocycles. The Balaban J connectivity index is 2.59. The molecule has 0 aliphatic rings. The third kappa shape index (κ3) is 2.19. The molecule has 0 bridgehead atoms. The van der Waals surface area contributed by atoms with E-state index in [2.05, 4.69) is 5.10 Å². The fourth-order valence-electron chi connectivity index (χ4n) is 1.45. The average Bonchev–Trinajstić information content (AvgIpc) is 2.64. The highest BCUT2D eigenvalue weighted by Crippen LogP contribution is 2.23. The molecule has 0 amide bonds. The van der Waals surface area contributed by atoms with Crippen LogP contribution in [0.2, 0.25) is 5.02 Å². The highest BCUT2D eigenvalue weighted by atomic mass is 35.5. The molecular weight excluding hydrogens is 281 g/mol. The maximum atomic E-state index is 13.3. The van der Waals surface area contributed by atoms with Crippen LogP contribution >= 0.6 is 11.6 Å². The molecule has 8 heteroatoms. The molecule has 2 N–H and O–H groups in total. The minimum Gasteiger partial charge on any atom is -0.382 e. The van der Waals surface area contributed by atoms with Gasteiger partial charge in [-0.25, -0.2) is 17.5 Å². The van der Waals surface area contributed by atoms with Crippen molar-refractivity contribution in [2.75, 3.05) is 12.0 Å². The van der Waals surface area contributed by atoms with Gasteiger partial charge in [0.15, 0.2) is 9.84 Å². The third-order valence-corrected chi connectivity index (χ3v) is 3.74. The van der Waals surface area contributed by atoms with Crippen LogP contribution in [0.25, 0.3) is 5.69 Å². The van der Waals surface area contributed by atoms with Crippen LogP contribution in [0.5, 0.6) is 0 Å². The second-order valence-corrected chi connectivity index (χ2v) is 6.07. The molecule has 96 valence electrons. The van der Waals surface area contributed by atoms with Gasteiger partial charge in [0.2, 0.25) is 0 Å². The van der Waals surface area contributed by atoms with Gasteiger partial charge < -0.3 is 5.73 Å². The SMILES string of the molecule is CS(=O)(=O)c1cnn(-c2ccc(Cl)c(F)c2)c1N. The van der Waals surface area contributed by atoms with Crippen molar-refractivity contribution in [3.8, 4) is 5.69 Å². The van der Waals surface area contributed by atoms with E-state index < -0.39 is 15.7 Å². The van der Waals surface area contributed by atoms with E-state index in [1.165, 1.54) is 12.1 Å². The van der Waals surface area contributed by atoms with E-state index in [4.69, 9.17) is 17.3 Å². The minimum absolute atomic E-state index is 0.0344. The largest absolute Gasteiger partial charge is 0.382 e. The Morgan fingerprint density at radius 1 is 1.44 bits per heavy atom. The van der Waals surface area contributed by atoms with Gasteiger partial charge in [-0.1, -0.05) is 11.6 Å². The summed E-state index contributed by atoms with van der Waals surface area (Å²) in [5.41, 5.74) is 5.97. The smallest absolute Gasteiger partial charge is 0.180 e. The topological polar surface area (TPSA) is 78.0 Å². The lowest BCUT2D eigenvalue weighted by Crippen LogP contribution is -2.05. The number of aromatic nitrogens is 2. The Hall–Kier alpha value is -1.60. The molecule has 1 heterocycles. The molecule has 0 saturated carbocycles. The van der Waals surface area contributed by atoms with Gasteiger partial charge in [0.05, 0.1) is 16.9 Å². The van der Waals surface area contributed by atoms with E-state index >= 15 is 0 Å². The van der Waals surface area contributed by atoms with Crippen molar-refractivity contribution in [3.05, 3.63) is 35.2 Å². The van der Waals surface area contributed by atoms with Gasteiger partial charge in [-0.05, 0) is 12.1 Å². The van der Waals surface area contributed by atoms with E-state index in [0.29, 0.717) is 5.69 Å². The summed E-state index contributed by atoms with van der Waals surface area (Å²) >= 11 is 5.55. The van der Waals surface area contributed by atoms with Crippen LogP contribution in [-0.2, 0) is 9.84 Å². The summed E-state index contributed by atoms with van der Waals surface area (Å²) in [6, 6.07) is 3.95. The number of rotatable bonds is 2. The Morgan fingerprint density at radius 3 is 2.61 bits per heavy atom. The normalized spacial score (nSPS) is 11.7. The fourth-order valence-corrected chi connectivity index (χ4v) is 2.27. The number of sulfone groups is 1. The number of nitrogen functional groups attached to an aromatic ring is 1. The molecular formula is C10H9ClFN3O2S. The summed E-state index contributed by atoms with van der Waals surface area (Å²) < 4.78 is 37.2. The lowest BCUT2D eigenvalue weighted by molar-refractivity contribution is 0.602. The first-order valence-corrected chi connectivity index (χ1v) is 7.06. The van der Waals surface area contributed by atoms with Crippen LogP contribution in [0.1, 0.15) is 0 Å². The monoisotopic (exact) mass is 289 g/mol. The Labute approximate surface area is 108 Å². The van der Waals surface area contributed by atoms with E-state index in [1.54, 1.807) is 0 Å². The summed E-state index contributed by atoms with van der Waals surface area (Å²) in [5, 5.41) is 3.79. The predicted molar refractivity (Wildman–Crippen MR) is 66.1 cm³/mol. The first-order chi connectivity index (χ1) is 8.30. The van der Waals surface area contributed by atoms with Crippen molar-refractivity contribution in [2.24, 2.45) is 0 Å². The van der Waals surface area contributed by atoms with Crippen LogP contribution in [-0.4, -0.2) is 24.5 Å². The van der Waals surface area contributed by atoms with Crippen molar-refractivity contribution in [1.29, 1.82) is 0 Å². The first-order valence-electron chi connectivity index (χ1n) is 4.79. The number of halogens is 2. The molecule has 0 spiro atoms. The lowest BCUT2D eigenvalue weighted by Gasteiger charge is -2.05. The second kappa shape index (κ2) is 4.25. The van der Waals surface area contributed by atoms with Gasteiger partial charge >= 0.3 is 0 Å². The fraction of sp³-hybridized carbons (Fsp3) is 0.100. The van der Waals surface area contributed by atoms with Crippen molar-refractivity contribution in [3.63, 3.8) is 0 Å². The van der Waals surface area contributed by atoms with E-state index in [0.717, 1.165) is 23.2 Å². The zero-order chi connectivity index (χ0) is 13.5. The zero-order valence-electron chi connectivity index (χ0n) is 9.26. The molecule has 0 atom stereocenters. The predicted octanol–water partition coefficient (Wildman–Crippen LogP) is 1.65. The summed E-state index contributed by atoms with van der Waals surface area (Å²) in [7, 11) is -3.47. The first kappa shape index (κ1) is 12.8. The molecule has 2 aromatic rings. The van der Waals surface area contributed by atoms with Gasteiger partial charge in [-0.3, -0.25) is 0 Å². The number of nitrogens with zero attached hydrogens (tertiary/aromatic N) is 2. The number of hydrogen-bond acceptors (Lipinski definition) is 4. The molecule has 0 unspecified atom stereocenters. The van der Waals surface area contributed by atoms with Crippen molar-refractivity contribution in [2.45, 2.75) is 4.90 Å². The lowest BCUT2D eigenvalue weighted by atomic mass is 10.3.